The smallest absolute Gasteiger partial charge is 0.224 e. The van der Waals surface area contributed by atoms with E-state index in [1.54, 1.807) is 13.3 Å². The zero-order valence-corrected chi connectivity index (χ0v) is 12.2. The van der Waals surface area contributed by atoms with Gasteiger partial charge in [0, 0.05) is 26.4 Å². The van der Waals surface area contributed by atoms with Crippen molar-refractivity contribution in [3.63, 3.8) is 0 Å². The molecule has 17 heavy (non-hydrogen) atoms. The molecule has 2 heterocycles. The van der Waals surface area contributed by atoms with Crippen LogP contribution in [0.2, 0.25) is 5.28 Å². The lowest BCUT2D eigenvalue weighted by molar-refractivity contribution is 0.0496. The molecule has 0 N–H and O–H groups in total. The van der Waals surface area contributed by atoms with Gasteiger partial charge in [0.2, 0.25) is 5.28 Å². The Hall–Kier alpha value is -0.390. The fraction of sp³-hybridized carbons (Fsp3) is 0.636. The number of rotatable bonds is 2. The van der Waals surface area contributed by atoms with Gasteiger partial charge in [0.1, 0.15) is 5.82 Å². The fourth-order valence-electron chi connectivity index (χ4n) is 2.09. The minimum absolute atomic E-state index is 0.240. The zero-order valence-electron chi connectivity index (χ0n) is 9.86. The molecule has 1 fully saturated rings. The van der Waals surface area contributed by atoms with Gasteiger partial charge in [-0.15, -0.1) is 0 Å². The molecule has 1 aliphatic heterocycles. The first-order valence-corrected chi connectivity index (χ1v) is 6.74. The second-order valence-corrected chi connectivity index (χ2v) is 5.49. The second kappa shape index (κ2) is 5.50. The minimum atomic E-state index is 0.240. The van der Waals surface area contributed by atoms with Crippen molar-refractivity contribution in [1.82, 2.24) is 9.97 Å². The van der Waals surface area contributed by atoms with Gasteiger partial charge in [-0.1, -0.05) is 6.92 Å². The molecule has 1 aliphatic rings. The van der Waals surface area contributed by atoms with Crippen molar-refractivity contribution in [2.24, 2.45) is 5.92 Å². The van der Waals surface area contributed by atoms with Crippen molar-refractivity contribution in [2.75, 3.05) is 25.1 Å². The van der Waals surface area contributed by atoms with Crippen LogP contribution < -0.4 is 4.90 Å². The van der Waals surface area contributed by atoms with Crippen LogP contribution in [-0.4, -0.2) is 36.3 Å². The van der Waals surface area contributed by atoms with Crippen LogP contribution in [0, 0.1) is 5.92 Å². The third-order valence-electron chi connectivity index (χ3n) is 3.19. The van der Waals surface area contributed by atoms with Gasteiger partial charge >= 0.3 is 0 Å². The summed E-state index contributed by atoms with van der Waals surface area (Å²) < 4.78 is 6.36. The Morgan fingerprint density at radius 3 is 3.06 bits per heavy atom. The molecule has 4 nitrogen and oxygen atoms in total. The number of anilines is 1. The highest BCUT2D eigenvalue weighted by molar-refractivity contribution is 9.10. The third-order valence-corrected chi connectivity index (χ3v) is 3.93. The number of aromatic nitrogens is 2. The average molecular weight is 321 g/mol. The Labute approximate surface area is 114 Å². The standard InChI is InChI=1S/C11H15BrClN3O/c1-7-3-4-16(6-9(7)17-2)10-8(12)5-14-11(13)15-10/h5,7,9H,3-4,6H2,1-2H3. The van der Waals surface area contributed by atoms with Gasteiger partial charge in [-0.3, -0.25) is 0 Å². The highest BCUT2D eigenvalue weighted by Gasteiger charge is 2.27. The van der Waals surface area contributed by atoms with Gasteiger partial charge in [0.25, 0.3) is 0 Å². The maximum Gasteiger partial charge on any atom is 0.224 e. The first-order chi connectivity index (χ1) is 8.11. The molecular formula is C11H15BrClN3O. The summed E-state index contributed by atoms with van der Waals surface area (Å²) in [4.78, 5) is 10.4. The van der Waals surface area contributed by atoms with Crippen molar-refractivity contribution in [3.05, 3.63) is 16.0 Å². The van der Waals surface area contributed by atoms with Crippen LogP contribution in [0.15, 0.2) is 10.7 Å². The number of methoxy groups -OCH3 is 1. The summed E-state index contributed by atoms with van der Waals surface area (Å²) in [5.41, 5.74) is 0. The Balaban J connectivity index is 2.20. The Morgan fingerprint density at radius 1 is 1.59 bits per heavy atom. The molecule has 2 rings (SSSR count). The quantitative estimate of drug-likeness (QED) is 0.785. The van der Waals surface area contributed by atoms with Gasteiger partial charge in [-0.2, -0.15) is 4.98 Å². The first-order valence-electron chi connectivity index (χ1n) is 5.57. The lowest BCUT2D eigenvalue weighted by atomic mass is 9.96. The van der Waals surface area contributed by atoms with Gasteiger partial charge in [-0.25, -0.2) is 4.98 Å². The molecule has 0 amide bonds. The summed E-state index contributed by atoms with van der Waals surface area (Å²) >= 11 is 9.29. The van der Waals surface area contributed by atoms with Crippen molar-refractivity contribution in [1.29, 1.82) is 0 Å². The summed E-state index contributed by atoms with van der Waals surface area (Å²) in [6.07, 6.45) is 3.02. The van der Waals surface area contributed by atoms with E-state index in [0.717, 1.165) is 29.8 Å². The van der Waals surface area contributed by atoms with E-state index in [9.17, 15) is 0 Å². The molecule has 94 valence electrons. The number of hydrogen-bond donors (Lipinski definition) is 0. The molecule has 1 aromatic rings. The third kappa shape index (κ3) is 2.89. The van der Waals surface area contributed by atoms with E-state index in [1.165, 1.54) is 0 Å². The van der Waals surface area contributed by atoms with Crippen LogP contribution in [0.1, 0.15) is 13.3 Å². The van der Waals surface area contributed by atoms with Gasteiger partial charge < -0.3 is 9.64 Å². The van der Waals surface area contributed by atoms with E-state index in [-0.39, 0.29) is 11.4 Å². The van der Waals surface area contributed by atoms with Crippen LogP contribution in [0.4, 0.5) is 5.82 Å². The summed E-state index contributed by atoms with van der Waals surface area (Å²) in [6, 6.07) is 0. The largest absolute Gasteiger partial charge is 0.379 e. The highest BCUT2D eigenvalue weighted by Crippen LogP contribution is 2.29. The topological polar surface area (TPSA) is 38.2 Å². The van der Waals surface area contributed by atoms with Crippen molar-refractivity contribution in [2.45, 2.75) is 19.4 Å². The number of hydrogen-bond acceptors (Lipinski definition) is 4. The maximum atomic E-state index is 5.83. The van der Waals surface area contributed by atoms with Gasteiger partial charge in [0.15, 0.2) is 0 Å². The van der Waals surface area contributed by atoms with Crippen LogP contribution >= 0.6 is 27.5 Å². The van der Waals surface area contributed by atoms with Crippen LogP contribution in [0.25, 0.3) is 0 Å². The monoisotopic (exact) mass is 319 g/mol. The summed E-state index contributed by atoms with van der Waals surface area (Å²) in [6.45, 7) is 4.02. The van der Waals surface area contributed by atoms with E-state index < -0.39 is 0 Å². The average Bonchev–Trinajstić information content (AvgIpc) is 2.33. The van der Waals surface area contributed by atoms with Crippen LogP contribution in [0.3, 0.4) is 0 Å². The molecule has 0 radical (unpaired) electrons. The first kappa shape index (κ1) is 13.1. The number of piperidine rings is 1. The van der Waals surface area contributed by atoms with E-state index >= 15 is 0 Å². The van der Waals surface area contributed by atoms with E-state index in [2.05, 4.69) is 37.7 Å². The normalized spacial score (nSPS) is 25.1. The van der Waals surface area contributed by atoms with E-state index in [1.807, 2.05) is 0 Å². The molecule has 1 saturated heterocycles. The molecular weight excluding hydrogens is 305 g/mol. The summed E-state index contributed by atoms with van der Waals surface area (Å²) in [5, 5.41) is 0.274. The van der Waals surface area contributed by atoms with E-state index in [0.29, 0.717) is 5.92 Å². The lowest BCUT2D eigenvalue weighted by Crippen LogP contribution is -2.44. The van der Waals surface area contributed by atoms with Gasteiger partial charge in [0.05, 0.1) is 10.6 Å². The molecule has 0 aromatic carbocycles. The Kier molecular flexibility index (Phi) is 4.22. The molecule has 6 heteroatoms. The molecule has 0 saturated carbocycles. The van der Waals surface area contributed by atoms with Crippen molar-refractivity contribution in [3.8, 4) is 0 Å². The molecule has 0 spiro atoms. The van der Waals surface area contributed by atoms with Crippen molar-refractivity contribution >= 4 is 33.3 Å². The van der Waals surface area contributed by atoms with Crippen LogP contribution in [0.5, 0.6) is 0 Å². The maximum absolute atomic E-state index is 5.83. The predicted octanol–water partition coefficient (Wildman–Crippen LogP) is 2.75. The highest BCUT2D eigenvalue weighted by atomic mass is 79.9. The minimum Gasteiger partial charge on any atom is -0.379 e. The molecule has 0 bridgehead atoms. The summed E-state index contributed by atoms with van der Waals surface area (Å²) in [7, 11) is 1.76. The zero-order chi connectivity index (χ0) is 12.4. The van der Waals surface area contributed by atoms with E-state index in [4.69, 9.17) is 16.3 Å². The fourth-order valence-corrected chi connectivity index (χ4v) is 2.66. The number of nitrogens with zero attached hydrogens (tertiary/aromatic N) is 3. The molecule has 1 aromatic heterocycles. The Morgan fingerprint density at radius 2 is 2.35 bits per heavy atom. The number of halogens is 2. The predicted molar refractivity (Wildman–Crippen MR) is 71.5 cm³/mol. The van der Waals surface area contributed by atoms with Crippen molar-refractivity contribution < 1.29 is 4.74 Å². The second-order valence-electron chi connectivity index (χ2n) is 4.30. The van der Waals surface area contributed by atoms with Gasteiger partial charge in [-0.05, 0) is 39.9 Å². The number of ether oxygens (including phenoxy) is 1. The lowest BCUT2D eigenvalue weighted by Gasteiger charge is -2.37. The SMILES string of the molecule is COC1CN(c2nc(Cl)ncc2Br)CCC1C. The molecule has 2 atom stereocenters. The van der Waals surface area contributed by atoms with Crippen LogP contribution in [-0.2, 0) is 4.74 Å². The molecule has 0 aliphatic carbocycles. The Bertz CT molecular complexity index is 404. The summed E-state index contributed by atoms with van der Waals surface area (Å²) in [5.74, 6) is 1.42. The molecule has 2 unspecified atom stereocenters.